The number of hydrogen-bond acceptors (Lipinski definition) is 8. The molecule has 0 amide bonds. The standard InChI is InChI=1S/C46H48NO8/c1-6-10-30-12-15-40(51-20-8-3)35(23-30)31-13-16-39(33(24-31)11-7-2)52-21-9-22-53-44(48)27-37-34-14-17-41(49-4)46(50-5)38(34)28-47-19-18-32-25-42-43(55-29-54-42)26-36(32)45(37)47/h6-7,12-17,23-26,28H,1-2,8-11,18-22,27,29H2,3-5H3/q+1. The maximum absolute atomic E-state index is 13.6. The van der Waals surface area contributed by atoms with Gasteiger partial charge in [-0.15, -0.1) is 13.2 Å². The lowest BCUT2D eigenvalue weighted by Crippen LogP contribution is -2.41. The summed E-state index contributed by atoms with van der Waals surface area (Å²) in [7, 11) is 3.25. The van der Waals surface area contributed by atoms with Gasteiger partial charge in [-0.25, -0.2) is 0 Å². The van der Waals surface area contributed by atoms with Crippen molar-refractivity contribution < 1.29 is 42.5 Å². The minimum absolute atomic E-state index is 0.0692. The smallest absolute Gasteiger partial charge is 0.310 e. The van der Waals surface area contributed by atoms with Crippen LogP contribution in [0.5, 0.6) is 34.5 Å². The van der Waals surface area contributed by atoms with Crippen LogP contribution >= 0.6 is 0 Å². The average Bonchev–Trinajstić information content (AvgIpc) is 3.66. The number of rotatable bonds is 17. The van der Waals surface area contributed by atoms with Crippen LogP contribution in [0.3, 0.4) is 0 Å². The number of aryl methyl sites for hydroxylation is 2. The van der Waals surface area contributed by atoms with E-state index in [-0.39, 0.29) is 25.8 Å². The second kappa shape index (κ2) is 17.0. The first-order valence-corrected chi connectivity index (χ1v) is 18.9. The Bertz CT molecular complexity index is 2240. The van der Waals surface area contributed by atoms with E-state index in [0.717, 1.165) is 92.9 Å². The predicted molar refractivity (Wildman–Crippen MR) is 213 cm³/mol. The van der Waals surface area contributed by atoms with Gasteiger partial charge in [0.2, 0.25) is 12.5 Å². The normalized spacial score (nSPS) is 12.4. The van der Waals surface area contributed by atoms with Crippen LogP contribution in [0.1, 0.15) is 42.0 Å². The molecule has 1 aromatic heterocycles. The molecule has 0 bridgehead atoms. The lowest BCUT2D eigenvalue weighted by atomic mass is 9.90. The molecular weight excluding hydrogens is 695 g/mol. The molecule has 7 rings (SSSR count). The van der Waals surface area contributed by atoms with E-state index in [1.54, 1.807) is 14.2 Å². The summed E-state index contributed by atoms with van der Waals surface area (Å²) in [5.41, 5.74) is 8.24. The number of aromatic nitrogens is 1. The first-order valence-electron chi connectivity index (χ1n) is 18.9. The SMILES string of the molecule is C=CCc1ccc(OCCC)c(-c2ccc(OCCCOC(=O)Cc3c4[n+](cc5c(OC)c(OC)ccc35)CCc3cc5c(cc3-4)OCO5)c(CC=C)c2)c1. The van der Waals surface area contributed by atoms with Gasteiger partial charge in [0, 0.05) is 29.4 Å². The fourth-order valence-corrected chi connectivity index (χ4v) is 7.45. The number of allylic oxidation sites excluding steroid dienone is 2. The minimum atomic E-state index is -0.325. The van der Waals surface area contributed by atoms with Gasteiger partial charge in [-0.1, -0.05) is 31.2 Å². The zero-order chi connectivity index (χ0) is 38.3. The lowest BCUT2D eigenvalue weighted by molar-refractivity contribution is -0.686. The highest BCUT2D eigenvalue weighted by atomic mass is 16.7. The van der Waals surface area contributed by atoms with Crippen LogP contribution in [0.4, 0.5) is 0 Å². The van der Waals surface area contributed by atoms with Gasteiger partial charge in [0.25, 0.3) is 0 Å². The summed E-state index contributed by atoms with van der Waals surface area (Å²) in [5, 5.41) is 1.76. The molecule has 0 radical (unpaired) electrons. The quantitative estimate of drug-likeness (QED) is 0.0406. The van der Waals surface area contributed by atoms with Crippen molar-refractivity contribution in [3.63, 3.8) is 0 Å². The highest BCUT2D eigenvalue weighted by Gasteiger charge is 2.33. The molecule has 2 aliphatic rings. The van der Waals surface area contributed by atoms with Crippen LogP contribution in [-0.2, 0) is 41.8 Å². The Balaban J connectivity index is 1.07. The van der Waals surface area contributed by atoms with E-state index in [4.69, 9.17) is 33.2 Å². The molecule has 5 aromatic rings. The molecule has 0 unspecified atom stereocenters. The molecular formula is C46H48NO8+. The summed E-state index contributed by atoms with van der Waals surface area (Å²) in [6.45, 7) is 12.1. The number of carbonyl (C=O) groups excluding carboxylic acids is 1. The summed E-state index contributed by atoms with van der Waals surface area (Å²) >= 11 is 0. The second-order valence-electron chi connectivity index (χ2n) is 13.6. The molecule has 284 valence electrons. The molecule has 2 aliphatic heterocycles. The van der Waals surface area contributed by atoms with Crippen molar-refractivity contribution >= 4 is 16.7 Å². The summed E-state index contributed by atoms with van der Waals surface area (Å²) in [4.78, 5) is 13.6. The van der Waals surface area contributed by atoms with Gasteiger partial charge in [0.05, 0.1) is 51.4 Å². The first kappa shape index (κ1) is 37.4. The molecule has 0 saturated carbocycles. The third-order valence-corrected chi connectivity index (χ3v) is 9.99. The Morgan fingerprint density at radius 1 is 0.818 bits per heavy atom. The Morgan fingerprint density at radius 2 is 1.60 bits per heavy atom. The highest BCUT2D eigenvalue weighted by molar-refractivity contribution is 5.97. The lowest BCUT2D eigenvalue weighted by Gasteiger charge is -2.20. The fourth-order valence-electron chi connectivity index (χ4n) is 7.45. The van der Waals surface area contributed by atoms with Gasteiger partial charge >= 0.3 is 5.97 Å². The van der Waals surface area contributed by atoms with E-state index in [1.807, 2.05) is 42.5 Å². The van der Waals surface area contributed by atoms with E-state index in [0.29, 0.717) is 43.3 Å². The van der Waals surface area contributed by atoms with Crippen molar-refractivity contribution in [2.75, 3.05) is 40.8 Å². The molecule has 0 atom stereocenters. The number of nitrogens with zero attached hydrogens (tertiary/aromatic N) is 1. The second-order valence-corrected chi connectivity index (χ2v) is 13.6. The van der Waals surface area contributed by atoms with Crippen LogP contribution in [0.25, 0.3) is 33.2 Å². The minimum Gasteiger partial charge on any atom is -0.493 e. The maximum atomic E-state index is 13.6. The Hall–Kier alpha value is -5.96. The number of benzene rings is 4. The van der Waals surface area contributed by atoms with Crippen molar-refractivity contribution in [3.8, 4) is 56.9 Å². The van der Waals surface area contributed by atoms with Crippen LogP contribution in [0, 0.1) is 0 Å². The van der Waals surface area contributed by atoms with Crippen molar-refractivity contribution in [1.82, 2.24) is 0 Å². The van der Waals surface area contributed by atoms with Crippen molar-refractivity contribution in [1.29, 1.82) is 0 Å². The van der Waals surface area contributed by atoms with E-state index in [1.165, 1.54) is 5.56 Å². The Kier molecular flexibility index (Phi) is 11.6. The van der Waals surface area contributed by atoms with E-state index < -0.39 is 0 Å². The zero-order valence-electron chi connectivity index (χ0n) is 31.9. The summed E-state index contributed by atoms with van der Waals surface area (Å²) in [5.74, 6) is 3.99. The van der Waals surface area contributed by atoms with E-state index in [2.05, 4.69) is 61.2 Å². The molecule has 0 spiro atoms. The van der Waals surface area contributed by atoms with Gasteiger partial charge in [-0.3, -0.25) is 4.79 Å². The number of ether oxygens (including phenoxy) is 7. The predicted octanol–water partition coefficient (Wildman–Crippen LogP) is 8.56. The average molecular weight is 743 g/mol. The van der Waals surface area contributed by atoms with Gasteiger partial charge < -0.3 is 33.2 Å². The summed E-state index contributed by atoms with van der Waals surface area (Å²) < 4.78 is 43.3. The summed E-state index contributed by atoms with van der Waals surface area (Å²) in [6.07, 6.45) is 9.61. The van der Waals surface area contributed by atoms with Gasteiger partial charge in [0.1, 0.15) is 11.5 Å². The third kappa shape index (κ3) is 7.83. The van der Waals surface area contributed by atoms with Crippen molar-refractivity contribution in [3.05, 3.63) is 114 Å². The molecule has 55 heavy (non-hydrogen) atoms. The summed E-state index contributed by atoms with van der Waals surface area (Å²) in [6, 6.07) is 20.4. The molecule has 4 aromatic carbocycles. The van der Waals surface area contributed by atoms with Gasteiger partial charge in [-0.05, 0) is 90.0 Å². The topological polar surface area (TPSA) is 85.6 Å². The van der Waals surface area contributed by atoms with Crippen LogP contribution < -0.4 is 33.0 Å². The highest BCUT2D eigenvalue weighted by Crippen LogP contribution is 2.44. The van der Waals surface area contributed by atoms with Crippen LogP contribution in [0.15, 0.2) is 92.2 Å². The third-order valence-electron chi connectivity index (χ3n) is 9.99. The Morgan fingerprint density at radius 3 is 2.38 bits per heavy atom. The van der Waals surface area contributed by atoms with Crippen molar-refractivity contribution in [2.24, 2.45) is 0 Å². The zero-order valence-corrected chi connectivity index (χ0v) is 31.9. The largest absolute Gasteiger partial charge is 0.493 e. The van der Waals surface area contributed by atoms with Gasteiger partial charge in [0.15, 0.2) is 35.7 Å². The molecule has 0 fully saturated rings. The number of hydrogen-bond donors (Lipinski definition) is 0. The number of fused-ring (bicyclic) bond motifs is 5. The molecule has 0 aliphatic carbocycles. The van der Waals surface area contributed by atoms with Crippen LogP contribution in [-0.4, -0.2) is 46.8 Å². The van der Waals surface area contributed by atoms with Crippen LogP contribution in [0.2, 0.25) is 0 Å². The molecule has 3 heterocycles. The molecule has 9 nitrogen and oxygen atoms in total. The molecule has 9 heteroatoms. The van der Waals surface area contributed by atoms with E-state index in [9.17, 15) is 4.79 Å². The maximum Gasteiger partial charge on any atom is 0.310 e. The van der Waals surface area contributed by atoms with Crippen molar-refractivity contribution in [2.45, 2.75) is 52.0 Å². The fraction of sp³-hybridized carbons (Fsp3) is 0.304. The number of esters is 1. The number of methoxy groups -OCH3 is 2. The monoisotopic (exact) mass is 742 g/mol. The molecule has 0 N–H and O–H groups in total. The van der Waals surface area contributed by atoms with Gasteiger partial charge in [-0.2, -0.15) is 4.57 Å². The Labute approximate surface area is 322 Å². The molecule has 0 saturated heterocycles. The number of carbonyl (C=O) groups is 1. The van der Waals surface area contributed by atoms with E-state index >= 15 is 0 Å². The number of pyridine rings is 1. The first-order chi connectivity index (χ1) is 27.0.